The number of rotatable bonds is 5. The van der Waals surface area contributed by atoms with Gasteiger partial charge in [-0.05, 0) is 13.0 Å². The van der Waals surface area contributed by atoms with Gasteiger partial charge in [0.25, 0.3) is 0 Å². The van der Waals surface area contributed by atoms with Gasteiger partial charge >= 0.3 is 0 Å². The zero-order valence-electron chi connectivity index (χ0n) is 9.31. The lowest BCUT2D eigenvalue weighted by molar-refractivity contribution is -0.130. The summed E-state index contributed by atoms with van der Waals surface area (Å²) in [5.74, 6) is 0.129. The molecule has 0 radical (unpaired) electrons. The van der Waals surface area contributed by atoms with E-state index in [0.29, 0.717) is 19.5 Å². The van der Waals surface area contributed by atoms with Crippen LogP contribution >= 0.6 is 0 Å². The van der Waals surface area contributed by atoms with Crippen LogP contribution in [0.4, 0.5) is 0 Å². The Balaban J connectivity index is 2.41. The largest absolute Gasteiger partial charge is 0.341 e. The molecule has 0 aliphatic heterocycles. The average Bonchev–Trinajstić information content (AvgIpc) is 2.60. The van der Waals surface area contributed by atoms with Crippen molar-refractivity contribution in [2.24, 2.45) is 12.8 Å². The van der Waals surface area contributed by atoms with Crippen LogP contribution in [0.15, 0.2) is 12.4 Å². The average molecular weight is 210 g/mol. The second-order valence-corrected chi connectivity index (χ2v) is 3.66. The normalized spacial score (nSPS) is 10.3. The Bertz CT molecular complexity index is 321. The van der Waals surface area contributed by atoms with Crippen LogP contribution in [-0.2, 0) is 18.4 Å². The molecule has 1 aromatic heterocycles. The van der Waals surface area contributed by atoms with E-state index < -0.39 is 0 Å². The van der Waals surface area contributed by atoms with Crippen LogP contribution in [0.2, 0.25) is 0 Å². The summed E-state index contributed by atoms with van der Waals surface area (Å²) in [4.78, 5) is 13.3. The van der Waals surface area contributed by atoms with Gasteiger partial charge in [-0.25, -0.2) is 0 Å². The highest BCUT2D eigenvalue weighted by Crippen LogP contribution is 2.03. The Morgan fingerprint density at radius 3 is 2.93 bits per heavy atom. The van der Waals surface area contributed by atoms with Crippen molar-refractivity contribution in [3.63, 3.8) is 0 Å². The van der Waals surface area contributed by atoms with Crippen LogP contribution in [0.3, 0.4) is 0 Å². The third-order valence-corrected chi connectivity index (χ3v) is 2.20. The number of hydrogen-bond acceptors (Lipinski definition) is 3. The monoisotopic (exact) mass is 210 g/mol. The molecule has 1 heterocycles. The molecule has 0 saturated heterocycles. The molecule has 84 valence electrons. The minimum atomic E-state index is 0.129. The molecule has 15 heavy (non-hydrogen) atoms. The molecule has 5 nitrogen and oxygen atoms in total. The van der Waals surface area contributed by atoms with Gasteiger partial charge in [0.15, 0.2) is 0 Å². The van der Waals surface area contributed by atoms with Crippen molar-refractivity contribution >= 4 is 5.91 Å². The van der Waals surface area contributed by atoms with Crippen molar-refractivity contribution in [1.82, 2.24) is 14.7 Å². The predicted molar refractivity (Wildman–Crippen MR) is 58.0 cm³/mol. The quantitative estimate of drug-likeness (QED) is 0.750. The van der Waals surface area contributed by atoms with E-state index in [9.17, 15) is 4.79 Å². The fourth-order valence-electron chi connectivity index (χ4n) is 1.36. The molecular weight excluding hydrogens is 192 g/mol. The molecule has 0 unspecified atom stereocenters. The van der Waals surface area contributed by atoms with Crippen molar-refractivity contribution in [1.29, 1.82) is 0 Å². The van der Waals surface area contributed by atoms with Crippen molar-refractivity contribution in [2.45, 2.75) is 19.4 Å². The first-order valence-electron chi connectivity index (χ1n) is 5.05. The van der Waals surface area contributed by atoms with Gasteiger partial charge in [-0.2, -0.15) is 5.10 Å². The Morgan fingerprint density at radius 2 is 2.40 bits per heavy atom. The molecule has 1 aromatic rings. The molecule has 5 heteroatoms. The van der Waals surface area contributed by atoms with Crippen LogP contribution in [-0.4, -0.2) is 34.2 Å². The van der Waals surface area contributed by atoms with E-state index >= 15 is 0 Å². The van der Waals surface area contributed by atoms with Gasteiger partial charge in [-0.3, -0.25) is 9.48 Å². The molecule has 1 amide bonds. The second-order valence-electron chi connectivity index (χ2n) is 3.66. The topological polar surface area (TPSA) is 64.2 Å². The van der Waals surface area contributed by atoms with Gasteiger partial charge in [0, 0.05) is 38.8 Å². The van der Waals surface area contributed by atoms with Gasteiger partial charge in [-0.15, -0.1) is 0 Å². The third-order valence-electron chi connectivity index (χ3n) is 2.20. The van der Waals surface area contributed by atoms with Crippen molar-refractivity contribution in [3.8, 4) is 0 Å². The number of aromatic nitrogens is 2. The number of carbonyl (C=O) groups excluding carboxylic acids is 1. The number of aryl methyl sites for hydroxylation is 1. The maximum atomic E-state index is 11.6. The molecule has 0 spiro atoms. The minimum absolute atomic E-state index is 0.129. The van der Waals surface area contributed by atoms with E-state index in [4.69, 9.17) is 5.73 Å². The van der Waals surface area contributed by atoms with E-state index in [2.05, 4.69) is 5.10 Å². The SMILES string of the molecule is CN(Cc1cnn(C)c1)C(=O)CCCN. The summed E-state index contributed by atoms with van der Waals surface area (Å²) in [6, 6.07) is 0. The molecule has 0 aliphatic carbocycles. The summed E-state index contributed by atoms with van der Waals surface area (Å²) in [5.41, 5.74) is 6.39. The fourth-order valence-corrected chi connectivity index (χ4v) is 1.36. The first kappa shape index (κ1) is 11.7. The Hall–Kier alpha value is -1.36. The molecule has 0 aromatic carbocycles. The summed E-state index contributed by atoms with van der Waals surface area (Å²) in [6.07, 6.45) is 4.95. The van der Waals surface area contributed by atoms with Gasteiger partial charge in [0.2, 0.25) is 5.91 Å². The maximum absolute atomic E-state index is 11.6. The second kappa shape index (κ2) is 5.50. The van der Waals surface area contributed by atoms with E-state index in [1.54, 1.807) is 22.8 Å². The first-order valence-corrected chi connectivity index (χ1v) is 5.05. The fraction of sp³-hybridized carbons (Fsp3) is 0.600. The molecule has 0 fully saturated rings. The Morgan fingerprint density at radius 1 is 1.67 bits per heavy atom. The number of carbonyl (C=O) groups is 1. The molecule has 0 aliphatic rings. The summed E-state index contributed by atoms with van der Waals surface area (Å²) in [6.45, 7) is 1.17. The number of amides is 1. The lowest BCUT2D eigenvalue weighted by atomic mass is 10.2. The summed E-state index contributed by atoms with van der Waals surface area (Å²) in [7, 11) is 3.66. The molecule has 0 bridgehead atoms. The molecule has 0 atom stereocenters. The van der Waals surface area contributed by atoms with Gasteiger partial charge in [-0.1, -0.05) is 0 Å². The van der Waals surface area contributed by atoms with Crippen molar-refractivity contribution in [2.75, 3.05) is 13.6 Å². The first-order chi connectivity index (χ1) is 7.13. The van der Waals surface area contributed by atoms with Crippen molar-refractivity contribution < 1.29 is 4.79 Å². The van der Waals surface area contributed by atoms with E-state index in [-0.39, 0.29) is 5.91 Å². The number of nitrogens with zero attached hydrogens (tertiary/aromatic N) is 3. The standard InChI is InChI=1S/C10H18N4O/c1-13(10(15)4-3-5-11)7-9-6-12-14(2)8-9/h6,8H,3-5,7,11H2,1-2H3. The van der Waals surface area contributed by atoms with Crippen LogP contribution in [0.1, 0.15) is 18.4 Å². The van der Waals surface area contributed by atoms with E-state index in [1.165, 1.54) is 0 Å². The highest BCUT2D eigenvalue weighted by molar-refractivity contribution is 5.75. The van der Waals surface area contributed by atoms with E-state index in [1.807, 2.05) is 13.2 Å². The highest BCUT2D eigenvalue weighted by atomic mass is 16.2. The van der Waals surface area contributed by atoms with Crippen LogP contribution in [0.25, 0.3) is 0 Å². The highest BCUT2D eigenvalue weighted by Gasteiger charge is 2.09. The lowest BCUT2D eigenvalue weighted by Crippen LogP contribution is -2.26. The Kier molecular flexibility index (Phi) is 4.30. The summed E-state index contributed by atoms with van der Waals surface area (Å²) < 4.78 is 1.73. The predicted octanol–water partition coefficient (Wildman–Crippen LogP) is 0.117. The Labute approximate surface area is 89.9 Å². The van der Waals surface area contributed by atoms with Crippen molar-refractivity contribution in [3.05, 3.63) is 18.0 Å². The molecular formula is C10H18N4O. The van der Waals surface area contributed by atoms with Crippen LogP contribution in [0.5, 0.6) is 0 Å². The molecule has 1 rings (SSSR count). The maximum Gasteiger partial charge on any atom is 0.222 e. The number of nitrogens with two attached hydrogens (primary N) is 1. The summed E-state index contributed by atoms with van der Waals surface area (Å²) >= 11 is 0. The zero-order valence-corrected chi connectivity index (χ0v) is 9.31. The zero-order chi connectivity index (χ0) is 11.3. The van der Waals surface area contributed by atoms with Gasteiger partial charge < -0.3 is 10.6 Å². The minimum Gasteiger partial charge on any atom is -0.341 e. The van der Waals surface area contributed by atoms with Gasteiger partial charge in [0.05, 0.1) is 6.20 Å². The number of hydrogen-bond donors (Lipinski definition) is 1. The van der Waals surface area contributed by atoms with Crippen LogP contribution < -0.4 is 5.73 Å². The van der Waals surface area contributed by atoms with E-state index in [0.717, 1.165) is 12.0 Å². The molecule has 0 saturated carbocycles. The lowest BCUT2D eigenvalue weighted by Gasteiger charge is -2.15. The smallest absolute Gasteiger partial charge is 0.222 e. The third kappa shape index (κ3) is 3.71. The summed E-state index contributed by atoms with van der Waals surface area (Å²) in [5, 5.41) is 4.05. The van der Waals surface area contributed by atoms with Crippen LogP contribution in [0, 0.1) is 0 Å². The molecule has 2 N–H and O–H groups in total. The van der Waals surface area contributed by atoms with Gasteiger partial charge in [0.1, 0.15) is 0 Å².